The minimum Gasteiger partial charge on any atom is -0.385 e. The van der Waals surface area contributed by atoms with Crippen LogP contribution in [0, 0.1) is 0 Å². The quantitative estimate of drug-likeness (QED) is 0.826. The van der Waals surface area contributed by atoms with Crippen molar-refractivity contribution < 1.29 is 9.84 Å². The second kappa shape index (κ2) is 3.43. The molecule has 0 radical (unpaired) electrons. The summed E-state index contributed by atoms with van der Waals surface area (Å²) in [5, 5.41) is 10.8. The number of hydrogen-bond acceptors (Lipinski definition) is 3. The lowest BCUT2D eigenvalue weighted by Crippen LogP contribution is -2.39. The van der Waals surface area contributed by atoms with Crippen LogP contribution in [0.2, 0.25) is 0 Å². The van der Waals surface area contributed by atoms with Gasteiger partial charge in [0, 0.05) is 18.6 Å². The smallest absolute Gasteiger partial charge is 0.115 e. The Morgan fingerprint density at radius 2 is 2.28 bits per heavy atom. The molecule has 3 heterocycles. The highest BCUT2D eigenvalue weighted by molar-refractivity contribution is 5.69. The van der Waals surface area contributed by atoms with Gasteiger partial charge in [0.05, 0.1) is 30.9 Å². The lowest BCUT2D eigenvalue weighted by molar-refractivity contribution is -0.00435. The maximum Gasteiger partial charge on any atom is 0.115 e. The van der Waals surface area contributed by atoms with Gasteiger partial charge in [0.25, 0.3) is 0 Å². The molecular formula is C14H14N2O2. The third-order valence-corrected chi connectivity index (χ3v) is 4.02. The molecule has 1 aromatic carbocycles. The van der Waals surface area contributed by atoms with E-state index in [1.165, 1.54) is 11.1 Å². The van der Waals surface area contributed by atoms with Crippen molar-refractivity contribution in [3.63, 3.8) is 0 Å². The van der Waals surface area contributed by atoms with Crippen LogP contribution in [0.25, 0.3) is 11.3 Å². The topological polar surface area (TPSA) is 47.3 Å². The van der Waals surface area contributed by atoms with Gasteiger partial charge in [-0.1, -0.05) is 24.3 Å². The summed E-state index contributed by atoms with van der Waals surface area (Å²) >= 11 is 0. The van der Waals surface area contributed by atoms with E-state index < -0.39 is 5.60 Å². The molecule has 1 fully saturated rings. The highest BCUT2D eigenvalue weighted by atomic mass is 16.5. The zero-order valence-electron chi connectivity index (χ0n) is 9.91. The minimum absolute atomic E-state index is 0.0753. The van der Waals surface area contributed by atoms with Crippen LogP contribution in [0.4, 0.5) is 0 Å². The maximum atomic E-state index is 10.8. The zero-order valence-corrected chi connectivity index (χ0v) is 9.91. The van der Waals surface area contributed by atoms with Crippen molar-refractivity contribution in [3.8, 4) is 11.3 Å². The summed E-state index contributed by atoms with van der Waals surface area (Å²) in [6.45, 7) is 1.02. The Morgan fingerprint density at radius 3 is 3.11 bits per heavy atom. The summed E-state index contributed by atoms with van der Waals surface area (Å²) in [7, 11) is 0. The Bertz CT molecular complexity index is 599. The van der Waals surface area contributed by atoms with Gasteiger partial charge in [0.1, 0.15) is 5.60 Å². The molecule has 1 aromatic heterocycles. The SMILES string of the molecule is O[C@@]1([C@@H]2c3ccccc3-c3cncn32)CCOC1. The van der Waals surface area contributed by atoms with Crippen molar-refractivity contribution in [3.05, 3.63) is 42.4 Å². The van der Waals surface area contributed by atoms with Crippen LogP contribution in [0.3, 0.4) is 0 Å². The molecule has 1 N–H and O–H groups in total. The highest BCUT2D eigenvalue weighted by Gasteiger charge is 2.46. The van der Waals surface area contributed by atoms with Gasteiger partial charge >= 0.3 is 0 Å². The first-order chi connectivity index (χ1) is 8.80. The van der Waals surface area contributed by atoms with E-state index in [2.05, 4.69) is 21.7 Å². The predicted octanol–water partition coefficient (Wildman–Crippen LogP) is 1.60. The van der Waals surface area contributed by atoms with Crippen LogP contribution in [-0.4, -0.2) is 33.5 Å². The van der Waals surface area contributed by atoms with Gasteiger partial charge in [-0.3, -0.25) is 0 Å². The van der Waals surface area contributed by atoms with Crippen molar-refractivity contribution >= 4 is 0 Å². The largest absolute Gasteiger partial charge is 0.385 e. The summed E-state index contributed by atoms with van der Waals surface area (Å²) in [6, 6.07) is 8.14. The number of fused-ring (bicyclic) bond motifs is 3. The molecule has 0 bridgehead atoms. The molecule has 4 nitrogen and oxygen atoms in total. The molecule has 2 atom stereocenters. The van der Waals surface area contributed by atoms with Gasteiger partial charge in [-0.05, 0) is 5.56 Å². The molecule has 92 valence electrons. The van der Waals surface area contributed by atoms with Gasteiger partial charge in [0.15, 0.2) is 0 Å². The predicted molar refractivity (Wildman–Crippen MR) is 66.2 cm³/mol. The zero-order chi connectivity index (χ0) is 12.2. The summed E-state index contributed by atoms with van der Waals surface area (Å²) in [6.07, 6.45) is 4.33. The van der Waals surface area contributed by atoms with Crippen LogP contribution < -0.4 is 0 Å². The van der Waals surface area contributed by atoms with E-state index in [1.54, 1.807) is 6.33 Å². The van der Waals surface area contributed by atoms with Crippen LogP contribution in [-0.2, 0) is 4.74 Å². The Kier molecular flexibility index (Phi) is 1.96. The fraction of sp³-hybridized carbons (Fsp3) is 0.357. The Balaban J connectivity index is 1.94. The molecule has 2 aliphatic rings. The number of ether oxygens (including phenoxy) is 1. The normalized spacial score (nSPS) is 29.3. The molecule has 4 heteroatoms. The van der Waals surface area contributed by atoms with Gasteiger partial charge in [0.2, 0.25) is 0 Å². The molecule has 4 rings (SSSR count). The molecule has 2 aliphatic heterocycles. The summed E-state index contributed by atoms with van der Waals surface area (Å²) in [5.41, 5.74) is 2.60. The third kappa shape index (κ3) is 1.19. The fourth-order valence-corrected chi connectivity index (χ4v) is 3.17. The minimum atomic E-state index is -0.817. The molecule has 0 spiro atoms. The average Bonchev–Trinajstić information content (AvgIpc) is 3.04. The van der Waals surface area contributed by atoms with Crippen LogP contribution in [0.15, 0.2) is 36.8 Å². The Morgan fingerprint density at radius 1 is 1.39 bits per heavy atom. The number of imidazole rings is 1. The van der Waals surface area contributed by atoms with Crippen LogP contribution in [0.1, 0.15) is 18.0 Å². The number of aliphatic hydroxyl groups is 1. The van der Waals surface area contributed by atoms with Crippen molar-refractivity contribution in [2.45, 2.75) is 18.1 Å². The number of benzene rings is 1. The molecule has 2 aromatic rings. The van der Waals surface area contributed by atoms with Crippen molar-refractivity contribution in [1.29, 1.82) is 0 Å². The molecule has 0 unspecified atom stereocenters. The number of hydrogen-bond donors (Lipinski definition) is 1. The first kappa shape index (κ1) is 10.3. The van der Waals surface area contributed by atoms with E-state index in [1.807, 2.05) is 18.3 Å². The van der Waals surface area contributed by atoms with E-state index in [0.717, 1.165) is 5.69 Å². The van der Waals surface area contributed by atoms with Crippen LogP contribution in [0.5, 0.6) is 0 Å². The maximum absolute atomic E-state index is 10.8. The second-order valence-corrected chi connectivity index (χ2v) is 5.08. The molecule has 0 amide bonds. The second-order valence-electron chi connectivity index (χ2n) is 5.08. The molecular weight excluding hydrogens is 228 g/mol. The standard InChI is InChI=1S/C14H14N2O2/c17-14(5-6-18-8-14)13-11-4-2-1-3-10(11)12-7-15-9-16(12)13/h1-4,7,9,13,17H,5-6,8H2/t13-,14-/m0/s1. The lowest BCUT2D eigenvalue weighted by Gasteiger charge is -2.30. The lowest BCUT2D eigenvalue weighted by atomic mass is 9.87. The van der Waals surface area contributed by atoms with E-state index in [4.69, 9.17) is 4.74 Å². The van der Waals surface area contributed by atoms with Crippen LogP contribution >= 0.6 is 0 Å². The molecule has 1 saturated heterocycles. The first-order valence-electron chi connectivity index (χ1n) is 6.21. The Hall–Kier alpha value is -1.65. The number of aromatic nitrogens is 2. The fourth-order valence-electron chi connectivity index (χ4n) is 3.17. The van der Waals surface area contributed by atoms with E-state index in [0.29, 0.717) is 19.6 Å². The van der Waals surface area contributed by atoms with E-state index in [9.17, 15) is 5.11 Å². The molecule has 0 aliphatic carbocycles. The summed E-state index contributed by atoms with van der Waals surface area (Å²) in [5.74, 6) is 0. The van der Waals surface area contributed by atoms with Gasteiger partial charge in [-0.15, -0.1) is 0 Å². The highest BCUT2D eigenvalue weighted by Crippen LogP contribution is 2.46. The van der Waals surface area contributed by atoms with Gasteiger partial charge in [-0.2, -0.15) is 0 Å². The van der Waals surface area contributed by atoms with Gasteiger partial charge < -0.3 is 14.4 Å². The third-order valence-electron chi connectivity index (χ3n) is 4.02. The number of rotatable bonds is 1. The van der Waals surface area contributed by atoms with E-state index >= 15 is 0 Å². The summed E-state index contributed by atoms with van der Waals surface area (Å²) < 4.78 is 7.46. The summed E-state index contributed by atoms with van der Waals surface area (Å²) in [4.78, 5) is 4.21. The average molecular weight is 242 g/mol. The monoisotopic (exact) mass is 242 g/mol. The van der Waals surface area contributed by atoms with Crippen molar-refractivity contribution in [2.75, 3.05) is 13.2 Å². The molecule has 0 saturated carbocycles. The van der Waals surface area contributed by atoms with Gasteiger partial charge in [-0.25, -0.2) is 4.98 Å². The van der Waals surface area contributed by atoms with Crippen molar-refractivity contribution in [2.24, 2.45) is 0 Å². The first-order valence-corrected chi connectivity index (χ1v) is 6.21. The van der Waals surface area contributed by atoms with Crippen molar-refractivity contribution in [1.82, 2.24) is 9.55 Å². The number of nitrogens with zero attached hydrogens (tertiary/aromatic N) is 2. The molecule has 18 heavy (non-hydrogen) atoms. The Labute approximate surface area is 105 Å². The van der Waals surface area contributed by atoms with E-state index in [-0.39, 0.29) is 6.04 Å².